The van der Waals surface area contributed by atoms with Crippen LogP contribution in [0, 0.1) is 5.82 Å². The number of rotatable bonds is 4. The molecule has 140 valence electrons. The van der Waals surface area contributed by atoms with Crippen molar-refractivity contribution in [1.29, 1.82) is 0 Å². The van der Waals surface area contributed by atoms with E-state index in [9.17, 15) is 9.18 Å². The molecule has 3 aromatic heterocycles. The second-order valence-corrected chi connectivity index (χ2v) is 6.24. The van der Waals surface area contributed by atoms with Gasteiger partial charge in [-0.2, -0.15) is 0 Å². The highest BCUT2D eigenvalue weighted by Crippen LogP contribution is 2.31. The maximum atomic E-state index is 14.2. The van der Waals surface area contributed by atoms with E-state index in [2.05, 4.69) is 35.6 Å². The summed E-state index contributed by atoms with van der Waals surface area (Å²) in [7, 11) is 0. The number of hydrogen-bond acceptors (Lipinski definition) is 6. The molecule has 10 heteroatoms. The lowest BCUT2D eigenvalue weighted by atomic mass is 10.2. The Morgan fingerprint density at radius 2 is 2.00 bits per heavy atom. The van der Waals surface area contributed by atoms with Gasteiger partial charge in [0.05, 0.1) is 16.1 Å². The average Bonchev–Trinajstić information content (AvgIpc) is 3.06. The van der Waals surface area contributed by atoms with E-state index in [1.54, 1.807) is 24.4 Å². The summed E-state index contributed by atoms with van der Waals surface area (Å²) < 4.78 is 14.2. The molecular formula is C18H13ClFN7O. The first kappa shape index (κ1) is 17.8. The lowest BCUT2D eigenvalue weighted by molar-refractivity contribution is -0.114. The van der Waals surface area contributed by atoms with Gasteiger partial charge in [0.1, 0.15) is 35.1 Å². The van der Waals surface area contributed by atoms with E-state index in [0.717, 1.165) is 0 Å². The van der Waals surface area contributed by atoms with Gasteiger partial charge in [0, 0.05) is 19.2 Å². The van der Waals surface area contributed by atoms with Crippen molar-refractivity contribution in [3.63, 3.8) is 0 Å². The van der Waals surface area contributed by atoms with Crippen LogP contribution in [0.4, 0.5) is 21.8 Å². The number of amides is 1. The number of pyridine rings is 1. The number of aromatic amines is 1. The topological polar surface area (TPSA) is 108 Å². The molecule has 0 aliphatic heterocycles. The number of H-pyrrole nitrogens is 1. The van der Waals surface area contributed by atoms with Crippen molar-refractivity contribution >= 4 is 46.0 Å². The first-order valence-electron chi connectivity index (χ1n) is 8.17. The van der Waals surface area contributed by atoms with Crippen LogP contribution in [0.1, 0.15) is 6.92 Å². The molecule has 0 aliphatic carbocycles. The van der Waals surface area contributed by atoms with Gasteiger partial charge in [-0.3, -0.25) is 4.79 Å². The molecule has 8 nitrogen and oxygen atoms in total. The molecule has 0 unspecified atom stereocenters. The van der Waals surface area contributed by atoms with Crippen LogP contribution >= 0.6 is 11.6 Å². The van der Waals surface area contributed by atoms with Gasteiger partial charge in [0.2, 0.25) is 5.91 Å². The molecule has 0 radical (unpaired) electrons. The Hall–Kier alpha value is -3.59. The van der Waals surface area contributed by atoms with E-state index >= 15 is 0 Å². The van der Waals surface area contributed by atoms with Gasteiger partial charge in [-0.15, -0.1) is 0 Å². The van der Waals surface area contributed by atoms with E-state index < -0.39 is 5.82 Å². The van der Waals surface area contributed by atoms with Crippen molar-refractivity contribution in [2.75, 3.05) is 10.6 Å². The van der Waals surface area contributed by atoms with Crippen LogP contribution in [0.5, 0.6) is 0 Å². The first-order chi connectivity index (χ1) is 13.5. The molecule has 0 saturated heterocycles. The normalized spacial score (nSPS) is 10.8. The molecule has 0 fully saturated rings. The number of fused-ring (bicyclic) bond motifs is 1. The minimum absolute atomic E-state index is 0.182. The Morgan fingerprint density at radius 1 is 1.18 bits per heavy atom. The SMILES string of the molecule is CC(=O)Nc1cc(Nc2nccc3[nH]c(-c4c(F)cccc4Cl)nc23)ncn1. The Morgan fingerprint density at radius 3 is 2.79 bits per heavy atom. The van der Waals surface area contributed by atoms with E-state index in [0.29, 0.717) is 28.5 Å². The molecule has 0 spiro atoms. The summed E-state index contributed by atoms with van der Waals surface area (Å²) >= 11 is 6.14. The Bertz CT molecular complexity index is 1170. The monoisotopic (exact) mass is 397 g/mol. The van der Waals surface area contributed by atoms with Crippen molar-refractivity contribution in [3.8, 4) is 11.4 Å². The fraction of sp³-hybridized carbons (Fsp3) is 0.0556. The van der Waals surface area contributed by atoms with Gasteiger partial charge < -0.3 is 15.6 Å². The highest BCUT2D eigenvalue weighted by Gasteiger charge is 2.16. The molecule has 4 rings (SSSR count). The maximum absolute atomic E-state index is 14.2. The predicted molar refractivity (Wildman–Crippen MR) is 104 cm³/mol. The lowest BCUT2D eigenvalue weighted by Crippen LogP contribution is -2.08. The molecule has 3 N–H and O–H groups in total. The summed E-state index contributed by atoms with van der Waals surface area (Å²) in [6.07, 6.45) is 2.88. The molecule has 3 heterocycles. The summed E-state index contributed by atoms with van der Waals surface area (Å²) in [5, 5.41) is 5.86. The molecular weight excluding hydrogens is 385 g/mol. The lowest BCUT2D eigenvalue weighted by Gasteiger charge is -2.06. The third-order valence-corrected chi connectivity index (χ3v) is 4.13. The van der Waals surface area contributed by atoms with Crippen molar-refractivity contribution in [3.05, 3.63) is 53.7 Å². The number of nitrogens with one attached hydrogen (secondary N) is 3. The van der Waals surface area contributed by atoms with Crippen LogP contribution < -0.4 is 10.6 Å². The van der Waals surface area contributed by atoms with Crippen LogP contribution in [0.25, 0.3) is 22.4 Å². The maximum Gasteiger partial charge on any atom is 0.222 e. The molecule has 0 saturated carbocycles. The van der Waals surface area contributed by atoms with Crippen molar-refractivity contribution in [2.24, 2.45) is 0 Å². The zero-order valence-corrected chi connectivity index (χ0v) is 15.3. The molecule has 4 aromatic rings. The van der Waals surface area contributed by atoms with Crippen LogP contribution in [0.3, 0.4) is 0 Å². The molecule has 0 atom stereocenters. The standard InChI is InChI=1S/C18H13ClFN7O/c1-9(28)24-13-7-14(23-8-22-13)26-18-16-12(5-6-21-18)25-17(27-16)15-10(19)3-2-4-11(15)20/h2-8H,1H3,(H,25,27)(H2,21,22,23,24,26,28). The van der Waals surface area contributed by atoms with Gasteiger partial charge in [-0.1, -0.05) is 17.7 Å². The highest BCUT2D eigenvalue weighted by atomic mass is 35.5. The number of halogens is 2. The van der Waals surface area contributed by atoms with E-state index in [-0.39, 0.29) is 22.3 Å². The number of hydrogen-bond donors (Lipinski definition) is 3. The van der Waals surface area contributed by atoms with Crippen molar-refractivity contribution in [2.45, 2.75) is 6.92 Å². The minimum Gasteiger partial charge on any atom is -0.338 e. The Balaban J connectivity index is 1.73. The number of carbonyl (C=O) groups excluding carboxylic acids is 1. The van der Waals surface area contributed by atoms with Crippen LogP contribution in [0.2, 0.25) is 5.02 Å². The summed E-state index contributed by atoms with van der Waals surface area (Å²) in [5.41, 5.74) is 1.31. The number of carbonyl (C=O) groups is 1. The third-order valence-electron chi connectivity index (χ3n) is 3.82. The highest BCUT2D eigenvalue weighted by molar-refractivity contribution is 6.33. The number of aromatic nitrogens is 5. The van der Waals surface area contributed by atoms with Crippen molar-refractivity contribution in [1.82, 2.24) is 24.9 Å². The minimum atomic E-state index is -0.482. The van der Waals surface area contributed by atoms with Crippen LogP contribution in [0.15, 0.2) is 42.9 Å². The predicted octanol–water partition coefficient (Wildman–Crippen LogP) is 3.91. The first-order valence-corrected chi connectivity index (χ1v) is 8.55. The largest absolute Gasteiger partial charge is 0.338 e. The fourth-order valence-corrected chi connectivity index (χ4v) is 2.92. The van der Waals surface area contributed by atoms with Crippen molar-refractivity contribution < 1.29 is 9.18 Å². The molecule has 1 amide bonds. The zero-order chi connectivity index (χ0) is 19.7. The number of benzene rings is 1. The Labute approximate surface area is 163 Å². The fourth-order valence-electron chi connectivity index (χ4n) is 2.66. The summed E-state index contributed by atoms with van der Waals surface area (Å²) in [5.74, 6) is 0.717. The summed E-state index contributed by atoms with van der Waals surface area (Å²) in [6.45, 7) is 1.39. The van der Waals surface area contributed by atoms with Gasteiger partial charge in [0.25, 0.3) is 0 Å². The van der Waals surface area contributed by atoms with Crippen LogP contribution in [-0.2, 0) is 4.79 Å². The molecule has 28 heavy (non-hydrogen) atoms. The number of nitrogens with zero attached hydrogens (tertiary/aromatic N) is 4. The van der Waals surface area contributed by atoms with E-state index in [1.807, 2.05) is 0 Å². The smallest absolute Gasteiger partial charge is 0.222 e. The third kappa shape index (κ3) is 3.47. The number of anilines is 3. The quantitative estimate of drug-likeness (QED) is 0.481. The summed E-state index contributed by atoms with van der Waals surface area (Å²) in [4.78, 5) is 31.0. The second kappa shape index (κ2) is 7.20. The van der Waals surface area contributed by atoms with Gasteiger partial charge in [-0.25, -0.2) is 24.3 Å². The molecule has 1 aromatic carbocycles. The van der Waals surface area contributed by atoms with E-state index in [1.165, 1.54) is 25.4 Å². The Kier molecular flexibility index (Phi) is 4.58. The average molecular weight is 398 g/mol. The molecule has 0 aliphatic rings. The molecule has 0 bridgehead atoms. The zero-order valence-electron chi connectivity index (χ0n) is 14.5. The van der Waals surface area contributed by atoms with Gasteiger partial charge in [-0.05, 0) is 18.2 Å². The van der Waals surface area contributed by atoms with Crippen LogP contribution in [-0.4, -0.2) is 30.8 Å². The number of imidazole rings is 1. The summed E-state index contributed by atoms with van der Waals surface area (Å²) in [6, 6.07) is 7.71. The second-order valence-electron chi connectivity index (χ2n) is 5.83. The van der Waals surface area contributed by atoms with Gasteiger partial charge in [0.15, 0.2) is 5.82 Å². The van der Waals surface area contributed by atoms with Gasteiger partial charge >= 0.3 is 0 Å². The van der Waals surface area contributed by atoms with E-state index in [4.69, 9.17) is 11.6 Å².